The topological polar surface area (TPSA) is 46.2 Å². The molecule has 0 aromatic heterocycles. The molecule has 0 saturated heterocycles. The van der Waals surface area contributed by atoms with Crippen molar-refractivity contribution >= 4 is 21.8 Å². The van der Waals surface area contributed by atoms with Crippen LogP contribution in [0.1, 0.15) is 18.1 Å². The lowest BCUT2D eigenvalue weighted by atomic mass is 10.2. The zero-order chi connectivity index (χ0) is 14.6. The Labute approximate surface area is 120 Å². The van der Waals surface area contributed by atoms with Gasteiger partial charge in [-0.15, -0.1) is 0 Å². The predicted molar refractivity (Wildman–Crippen MR) is 83.2 cm³/mol. The highest BCUT2D eigenvalue weighted by molar-refractivity contribution is 7.92. The smallest absolute Gasteiger partial charge is 0.261 e. The first-order chi connectivity index (χ1) is 9.56. The van der Waals surface area contributed by atoms with Gasteiger partial charge in [0.25, 0.3) is 10.0 Å². The van der Waals surface area contributed by atoms with Crippen LogP contribution in [0.15, 0.2) is 60.0 Å². The van der Waals surface area contributed by atoms with E-state index in [2.05, 4.69) is 11.3 Å². The normalized spacial score (nSPS) is 11.1. The van der Waals surface area contributed by atoms with Gasteiger partial charge in [0.2, 0.25) is 0 Å². The first-order valence-corrected chi connectivity index (χ1v) is 7.88. The second kappa shape index (κ2) is 5.92. The van der Waals surface area contributed by atoms with E-state index in [-0.39, 0.29) is 4.90 Å². The van der Waals surface area contributed by atoms with Crippen LogP contribution in [-0.2, 0) is 16.4 Å². The van der Waals surface area contributed by atoms with E-state index in [0.29, 0.717) is 5.69 Å². The van der Waals surface area contributed by atoms with Gasteiger partial charge in [0.1, 0.15) is 0 Å². The highest BCUT2D eigenvalue weighted by Gasteiger charge is 2.14. The highest BCUT2D eigenvalue weighted by Crippen LogP contribution is 2.21. The second-order valence-corrected chi connectivity index (χ2v) is 6.08. The molecule has 0 amide bonds. The van der Waals surface area contributed by atoms with Gasteiger partial charge in [0, 0.05) is 0 Å². The van der Waals surface area contributed by atoms with E-state index in [0.717, 1.165) is 17.5 Å². The molecule has 0 saturated carbocycles. The average molecular weight is 287 g/mol. The first-order valence-electron chi connectivity index (χ1n) is 6.40. The number of aryl methyl sites for hydroxylation is 1. The fraction of sp³-hybridized carbons (Fsp3) is 0.125. The van der Waals surface area contributed by atoms with Gasteiger partial charge in [-0.2, -0.15) is 0 Å². The van der Waals surface area contributed by atoms with Gasteiger partial charge in [-0.05, 0) is 35.7 Å². The van der Waals surface area contributed by atoms with Crippen LogP contribution in [-0.4, -0.2) is 8.42 Å². The van der Waals surface area contributed by atoms with E-state index in [9.17, 15) is 8.42 Å². The number of hydrogen-bond acceptors (Lipinski definition) is 2. The van der Waals surface area contributed by atoms with Crippen molar-refractivity contribution < 1.29 is 8.42 Å². The lowest BCUT2D eigenvalue weighted by Crippen LogP contribution is -2.13. The maximum atomic E-state index is 12.3. The Morgan fingerprint density at radius 1 is 1.10 bits per heavy atom. The van der Waals surface area contributed by atoms with E-state index in [1.807, 2.05) is 31.2 Å². The van der Waals surface area contributed by atoms with Gasteiger partial charge in [-0.25, -0.2) is 8.42 Å². The molecule has 0 aliphatic rings. The number of anilines is 1. The minimum absolute atomic E-state index is 0.258. The zero-order valence-electron chi connectivity index (χ0n) is 11.3. The molecule has 1 N–H and O–H groups in total. The fourth-order valence-electron chi connectivity index (χ4n) is 1.88. The largest absolute Gasteiger partial charge is 0.279 e. The molecule has 0 atom stereocenters. The minimum Gasteiger partial charge on any atom is -0.279 e. The Morgan fingerprint density at radius 2 is 1.75 bits per heavy atom. The first kappa shape index (κ1) is 14.3. The van der Waals surface area contributed by atoms with E-state index < -0.39 is 10.0 Å². The maximum absolute atomic E-state index is 12.3. The summed E-state index contributed by atoms with van der Waals surface area (Å²) in [4.78, 5) is 0.258. The number of benzene rings is 2. The predicted octanol–water partition coefficient (Wildman–Crippen LogP) is 3.69. The van der Waals surface area contributed by atoms with Gasteiger partial charge in [0.15, 0.2) is 0 Å². The van der Waals surface area contributed by atoms with Gasteiger partial charge in [0.05, 0.1) is 10.6 Å². The molecule has 2 aromatic rings. The van der Waals surface area contributed by atoms with Gasteiger partial charge in [-0.1, -0.05) is 49.9 Å². The standard InChI is InChI=1S/C16H17NO2S/c1-3-13-9-11-15(12-10-13)20(18,19)17-16-8-6-5-7-14(16)4-2/h4-12,17H,2-3H2,1H3. The van der Waals surface area contributed by atoms with Crippen molar-refractivity contribution in [1.82, 2.24) is 0 Å². The summed E-state index contributed by atoms with van der Waals surface area (Å²) in [6.45, 7) is 5.71. The molecule has 104 valence electrons. The molecular formula is C16H17NO2S. The van der Waals surface area contributed by atoms with Gasteiger partial charge < -0.3 is 0 Å². The Hall–Kier alpha value is -2.07. The summed E-state index contributed by atoms with van der Waals surface area (Å²) in [6.07, 6.45) is 2.51. The van der Waals surface area contributed by atoms with Crippen molar-refractivity contribution in [2.24, 2.45) is 0 Å². The van der Waals surface area contributed by atoms with Crippen LogP contribution in [0.5, 0.6) is 0 Å². The van der Waals surface area contributed by atoms with Crippen molar-refractivity contribution in [3.05, 3.63) is 66.2 Å². The molecule has 0 aliphatic heterocycles. The Kier molecular flexibility index (Phi) is 4.25. The molecule has 0 unspecified atom stereocenters. The number of para-hydroxylation sites is 1. The average Bonchev–Trinajstić information content (AvgIpc) is 2.47. The van der Waals surface area contributed by atoms with Gasteiger partial charge >= 0.3 is 0 Å². The summed E-state index contributed by atoms with van der Waals surface area (Å²) in [5.41, 5.74) is 2.39. The Bertz CT molecular complexity index is 704. The molecular weight excluding hydrogens is 270 g/mol. The molecule has 0 spiro atoms. The third kappa shape index (κ3) is 3.08. The third-order valence-electron chi connectivity index (χ3n) is 3.07. The lowest BCUT2D eigenvalue weighted by Gasteiger charge is -2.11. The highest BCUT2D eigenvalue weighted by atomic mass is 32.2. The van der Waals surface area contributed by atoms with Crippen LogP contribution in [0.4, 0.5) is 5.69 Å². The molecule has 2 rings (SSSR count). The van der Waals surface area contributed by atoms with Crippen LogP contribution in [0.3, 0.4) is 0 Å². The molecule has 4 heteroatoms. The van der Waals surface area contributed by atoms with Crippen LogP contribution in [0.2, 0.25) is 0 Å². The molecule has 0 aliphatic carbocycles. The summed E-state index contributed by atoms with van der Waals surface area (Å²) in [5, 5.41) is 0. The Morgan fingerprint density at radius 3 is 2.35 bits per heavy atom. The molecule has 0 fully saturated rings. The molecule has 2 aromatic carbocycles. The fourth-order valence-corrected chi connectivity index (χ4v) is 2.96. The number of nitrogens with one attached hydrogen (secondary N) is 1. The van der Waals surface area contributed by atoms with Crippen LogP contribution in [0.25, 0.3) is 6.08 Å². The van der Waals surface area contributed by atoms with Crippen LogP contribution < -0.4 is 4.72 Å². The van der Waals surface area contributed by atoms with Gasteiger partial charge in [-0.3, -0.25) is 4.72 Å². The van der Waals surface area contributed by atoms with E-state index in [1.165, 1.54) is 0 Å². The van der Waals surface area contributed by atoms with E-state index in [1.54, 1.807) is 30.3 Å². The SMILES string of the molecule is C=Cc1ccccc1NS(=O)(=O)c1ccc(CC)cc1. The van der Waals surface area contributed by atoms with E-state index in [4.69, 9.17) is 0 Å². The van der Waals surface area contributed by atoms with Crippen molar-refractivity contribution in [2.75, 3.05) is 4.72 Å². The summed E-state index contributed by atoms with van der Waals surface area (Å²) in [6, 6.07) is 14.0. The summed E-state index contributed by atoms with van der Waals surface area (Å²) < 4.78 is 27.2. The Balaban J connectivity index is 2.33. The van der Waals surface area contributed by atoms with Crippen molar-refractivity contribution in [1.29, 1.82) is 0 Å². The third-order valence-corrected chi connectivity index (χ3v) is 4.45. The van der Waals surface area contributed by atoms with Crippen molar-refractivity contribution in [2.45, 2.75) is 18.2 Å². The molecule has 0 heterocycles. The summed E-state index contributed by atoms with van der Waals surface area (Å²) in [7, 11) is -3.57. The molecule has 20 heavy (non-hydrogen) atoms. The monoisotopic (exact) mass is 287 g/mol. The lowest BCUT2D eigenvalue weighted by molar-refractivity contribution is 0.601. The summed E-state index contributed by atoms with van der Waals surface area (Å²) in [5.74, 6) is 0. The second-order valence-electron chi connectivity index (χ2n) is 4.39. The summed E-state index contributed by atoms with van der Waals surface area (Å²) >= 11 is 0. The zero-order valence-corrected chi connectivity index (χ0v) is 12.2. The van der Waals surface area contributed by atoms with Crippen molar-refractivity contribution in [3.63, 3.8) is 0 Å². The number of rotatable bonds is 5. The van der Waals surface area contributed by atoms with Crippen LogP contribution >= 0.6 is 0 Å². The number of hydrogen-bond donors (Lipinski definition) is 1. The quantitative estimate of drug-likeness (QED) is 0.911. The van der Waals surface area contributed by atoms with Crippen molar-refractivity contribution in [3.8, 4) is 0 Å². The number of sulfonamides is 1. The minimum atomic E-state index is -3.57. The molecule has 3 nitrogen and oxygen atoms in total. The van der Waals surface area contributed by atoms with Crippen LogP contribution in [0, 0.1) is 0 Å². The molecule has 0 radical (unpaired) electrons. The maximum Gasteiger partial charge on any atom is 0.261 e. The van der Waals surface area contributed by atoms with E-state index >= 15 is 0 Å². The molecule has 0 bridgehead atoms.